The summed E-state index contributed by atoms with van der Waals surface area (Å²) in [4.78, 5) is 4.59. The third kappa shape index (κ3) is 5.38. The topological polar surface area (TPSA) is 49.0 Å². The summed E-state index contributed by atoms with van der Waals surface area (Å²) < 4.78 is 14.1. The van der Waals surface area contributed by atoms with E-state index in [2.05, 4.69) is 220 Å². The molecule has 2 N–H and O–H groups in total. The van der Waals surface area contributed by atoms with Crippen LogP contribution in [0.5, 0.6) is 11.5 Å². The normalized spacial score (nSPS) is 21.2. The van der Waals surface area contributed by atoms with Crippen molar-refractivity contribution in [3.63, 3.8) is 0 Å². The number of nitrogens with one attached hydrogen (secondary N) is 2. The highest BCUT2D eigenvalue weighted by Crippen LogP contribution is 2.57. The molecule has 2 atom stereocenters. The van der Waals surface area contributed by atoms with Gasteiger partial charge in [0.05, 0.1) is 10.8 Å². The van der Waals surface area contributed by atoms with E-state index in [9.17, 15) is 0 Å². The molecule has 0 bridgehead atoms. The van der Waals surface area contributed by atoms with Gasteiger partial charge in [0.25, 0.3) is 0 Å². The summed E-state index contributed by atoms with van der Waals surface area (Å²) in [6.45, 7) is 10.7. The Labute approximate surface area is 342 Å². The second-order valence-corrected chi connectivity index (χ2v) is 17.3. The van der Waals surface area contributed by atoms with E-state index < -0.39 is 11.4 Å². The number of fused-ring (bicyclic) bond motifs is 4. The molecule has 0 saturated heterocycles. The fraction of sp³-hybridized carbons (Fsp3) is 0.231. The molecule has 4 heterocycles. The second kappa shape index (κ2) is 13.1. The van der Waals surface area contributed by atoms with Crippen molar-refractivity contribution in [1.29, 1.82) is 0 Å². The van der Waals surface area contributed by atoms with Crippen LogP contribution in [0.4, 0.5) is 22.7 Å². The quantitative estimate of drug-likeness (QED) is 0.169. The fourth-order valence-electron chi connectivity index (χ4n) is 9.80. The lowest BCUT2D eigenvalue weighted by atomic mass is 9.76. The molecule has 6 nitrogen and oxygen atoms in total. The van der Waals surface area contributed by atoms with Gasteiger partial charge in [0, 0.05) is 61.1 Å². The van der Waals surface area contributed by atoms with Crippen LogP contribution in [0.1, 0.15) is 61.1 Å². The summed E-state index contributed by atoms with van der Waals surface area (Å²) in [7, 11) is 4.29. The van der Waals surface area contributed by atoms with Crippen molar-refractivity contribution in [3.8, 4) is 22.6 Å². The zero-order chi connectivity index (χ0) is 39.9. The molecular formula is C52H50N4O2. The number of ether oxygens (including phenoxy) is 2. The van der Waals surface area contributed by atoms with Crippen molar-refractivity contribution in [2.75, 3.05) is 34.5 Å². The van der Waals surface area contributed by atoms with Crippen molar-refractivity contribution >= 4 is 34.9 Å². The van der Waals surface area contributed by atoms with Gasteiger partial charge < -0.3 is 29.9 Å². The summed E-state index contributed by atoms with van der Waals surface area (Å²) in [5.74, 6) is 1.77. The first-order chi connectivity index (χ1) is 28.0. The fourth-order valence-corrected chi connectivity index (χ4v) is 9.80. The van der Waals surface area contributed by atoms with Crippen LogP contribution >= 0.6 is 0 Å². The van der Waals surface area contributed by atoms with E-state index in [1.807, 2.05) is 0 Å². The molecule has 2 unspecified atom stereocenters. The molecule has 6 aromatic carbocycles. The molecule has 0 fully saturated rings. The first-order valence-corrected chi connectivity index (χ1v) is 20.4. The van der Waals surface area contributed by atoms with E-state index in [4.69, 9.17) is 9.47 Å². The van der Waals surface area contributed by atoms with E-state index in [1.54, 1.807) is 0 Å². The number of likely N-dealkylation sites (N-methyl/N-ethyl adjacent to an activating group) is 2. The van der Waals surface area contributed by atoms with Gasteiger partial charge in [-0.3, -0.25) is 0 Å². The molecule has 6 heteroatoms. The van der Waals surface area contributed by atoms with Gasteiger partial charge in [-0.05, 0) is 146 Å². The maximum atomic E-state index is 7.07. The smallest absolute Gasteiger partial charge is 0.211 e. The molecule has 6 aromatic rings. The van der Waals surface area contributed by atoms with Gasteiger partial charge in [-0.2, -0.15) is 0 Å². The highest BCUT2D eigenvalue weighted by Gasteiger charge is 2.59. The van der Waals surface area contributed by atoms with Crippen LogP contribution in [0.2, 0.25) is 0 Å². The highest BCUT2D eigenvalue weighted by atomic mass is 16.5. The molecule has 10 rings (SSSR count). The number of hydrogen-bond donors (Lipinski definition) is 2. The maximum Gasteiger partial charge on any atom is 0.211 e. The third-order valence-corrected chi connectivity index (χ3v) is 13.4. The summed E-state index contributed by atoms with van der Waals surface area (Å²) in [6, 6.07) is 47.5. The zero-order valence-corrected chi connectivity index (χ0v) is 34.1. The molecule has 4 aliphatic heterocycles. The van der Waals surface area contributed by atoms with E-state index >= 15 is 0 Å². The lowest BCUT2D eigenvalue weighted by Gasteiger charge is -2.46. The summed E-state index contributed by atoms with van der Waals surface area (Å²) >= 11 is 0. The van der Waals surface area contributed by atoms with E-state index in [0.717, 1.165) is 58.2 Å². The Morgan fingerprint density at radius 1 is 0.483 bits per heavy atom. The molecule has 0 aliphatic carbocycles. The van der Waals surface area contributed by atoms with Crippen LogP contribution in [-0.4, -0.2) is 25.5 Å². The number of benzene rings is 6. The van der Waals surface area contributed by atoms with E-state index in [0.29, 0.717) is 0 Å². The minimum absolute atomic E-state index is 0.318. The summed E-state index contributed by atoms with van der Waals surface area (Å²) in [5.41, 5.74) is 12.1. The van der Waals surface area contributed by atoms with Gasteiger partial charge in [-0.15, -0.1) is 0 Å². The summed E-state index contributed by atoms with van der Waals surface area (Å²) in [5, 5.41) is 7.26. The van der Waals surface area contributed by atoms with Crippen molar-refractivity contribution in [1.82, 2.24) is 0 Å². The Balaban J connectivity index is 0.877. The maximum absolute atomic E-state index is 7.07. The standard InChI is InChI=1S/C52H50N4O2/c1-49(2)43-31-41(53-33-35-13-9-7-10-14-35)19-21-45(43)55(5)51(49)27-25-39-29-37(17-23-47(39)57-51)38-18-24-48-40(30-38)26-28-52(58-48)50(3,4)44-32-42(20-22-46(44)56(52)6)54-34-36-15-11-8-12-16-36/h7-32,53-54H,33-34H2,1-6H3. The monoisotopic (exact) mass is 762 g/mol. The van der Waals surface area contributed by atoms with Gasteiger partial charge in [-0.1, -0.05) is 72.8 Å². The van der Waals surface area contributed by atoms with Crippen LogP contribution in [0.25, 0.3) is 23.3 Å². The van der Waals surface area contributed by atoms with Crippen LogP contribution in [0.15, 0.2) is 146 Å². The molecule has 4 aliphatic rings. The first-order valence-electron chi connectivity index (χ1n) is 20.4. The molecule has 58 heavy (non-hydrogen) atoms. The lowest BCUT2D eigenvalue weighted by molar-refractivity contribution is 0.0581. The van der Waals surface area contributed by atoms with Crippen LogP contribution in [0.3, 0.4) is 0 Å². The van der Waals surface area contributed by atoms with Crippen molar-refractivity contribution in [2.24, 2.45) is 0 Å². The van der Waals surface area contributed by atoms with Crippen LogP contribution < -0.4 is 29.9 Å². The largest absolute Gasteiger partial charge is 0.463 e. The third-order valence-electron chi connectivity index (χ3n) is 13.4. The SMILES string of the molecule is CN1c2ccc(NCc3ccccc3)cc2C(C)(C)C12C=Cc1cc(-c3ccc4c(c3)C=CC3(O4)N(C)c4ccc(NCc5ccccc5)cc4C3(C)C)ccc1O2. The van der Waals surface area contributed by atoms with Gasteiger partial charge in [0.2, 0.25) is 11.4 Å². The number of nitrogens with zero attached hydrogens (tertiary/aromatic N) is 2. The second-order valence-electron chi connectivity index (χ2n) is 17.3. The van der Waals surface area contributed by atoms with Crippen LogP contribution in [0, 0.1) is 0 Å². The average molecular weight is 763 g/mol. The molecule has 0 amide bonds. The van der Waals surface area contributed by atoms with E-state index in [1.165, 1.54) is 33.6 Å². The molecule has 0 aromatic heterocycles. The van der Waals surface area contributed by atoms with Crippen molar-refractivity contribution in [3.05, 3.63) is 179 Å². The van der Waals surface area contributed by atoms with Crippen molar-refractivity contribution < 1.29 is 9.47 Å². The molecule has 0 radical (unpaired) electrons. The molecule has 0 saturated carbocycles. The Morgan fingerprint density at radius 3 is 1.31 bits per heavy atom. The van der Waals surface area contributed by atoms with E-state index in [-0.39, 0.29) is 10.8 Å². The number of anilines is 4. The van der Waals surface area contributed by atoms with Crippen LogP contribution in [-0.2, 0) is 23.9 Å². The Morgan fingerprint density at radius 2 is 0.897 bits per heavy atom. The highest BCUT2D eigenvalue weighted by molar-refractivity contribution is 5.80. The Bertz CT molecular complexity index is 2450. The Kier molecular flexibility index (Phi) is 8.11. The lowest BCUT2D eigenvalue weighted by Crippen LogP contribution is -2.58. The first kappa shape index (κ1) is 36.0. The van der Waals surface area contributed by atoms with Gasteiger partial charge in [0.15, 0.2) is 0 Å². The van der Waals surface area contributed by atoms with Crippen molar-refractivity contribution in [2.45, 2.75) is 63.1 Å². The zero-order valence-electron chi connectivity index (χ0n) is 34.1. The Hall–Kier alpha value is -6.40. The molecule has 2 spiro atoms. The summed E-state index contributed by atoms with van der Waals surface area (Å²) in [6.07, 6.45) is 8.98. The van der Waals surface area contributed by atoms with Gasteiger partial charge in [0.1, 0.15) is 11.5 Å². The van der Waals surface area contributed by atoms with Gasteiger partial charge >= 0.3 is 0 Å². The number of hydrogen-bond acceptors (Lipinski definition) is 6. The number of rotatable bonds is 7. The minimum Gasteiger partial charge on any atom is -0.463 e. The average Bonchev–Trinajstić information content (AvgIpc) is 3.51. The molecular weight excluding hydrogens is 713 g/mol. The predicted octanol–water partition coefficient (Wildman–Crippen LogP) is 11.6. The van der Waals surface area contributed by atoms with Gasteiger partial charge in [-0.25, -0.2) is 0 Å². The predicted molar refractivity (Wildman–Crippen MR) is 240 cm³/mol. The molecule has 290 valence electrons. The minimum atomic E-state index is -0.660.